The average molecular weight is 510 g/mol. The Morgan fingerprint density at radius 3 is 1.28 bits per heavy atom. The number of nitrogens with zero attached hydrogens (tertiary/aromatic N) is 1. The predicted molar refractivity (Wildman–Crippen MR) is 106 cm³/mol. The number of hydrogen-bond acceptors (Lipinski definition) is 2. The first-order valence-corrected chi connectivity index (χ1v) is 12.5. The summed E-state index contributed by atoms with van der Waals surface area (Å²) >= 11 is -0.106. The molecule has 0 aliphatic heterocycles. The molecule has 0 aromatic heterocycles. The Hall–Kier alpha value is 0.372. The third-order valence-electron chi connectivity index (χ3n) is 1.22. The second kappa shape index (κ2) is 22.4. The van der Waals surface area contributed by atoms with Crippen LogP contribution in [0.4, 0.5) is 5.69 Å². The molecule has 156 valence electrons. The Balaban J connectivity index is -0.000000120. The zero-order valence-corrected chi connectivity index (χ0v) is 20.0. The molecule has 25 heavy (non-hydrogen) atoms. The Bertz CT molecular complexity index is 385. The molecule has 1 rings (SSSR count). The summed E-state index contributed by atoms with van der Waals surface area (Å²) in [6.07, 6.45) is 0. The van der Waals surface area contributed by atoms with Gasteiger partial charge in [0.1, 0.15) is 0 Å². The van der Waals surface area contributed by atoms with E-state index >= 15 is 0 Å². The molecular formula is C16H31Cl2NO4PPd-3. The van der Waals surface area contributed by atoms with Crippen LogP contribution in [0, 0.1) is 17.9 Å². The monoisotopic (exact) mass is 508 g/mol. The van der Waals surface area contributed by atoms with Crippen LogP contribution in [0.3, 0.4) is 0 Å². The molecule has 0 aliphatic carbocycles. The molecule has 0 saturated heterocycles. The van der Waals surface area contributed by atoms with Gasteiger partial charge in [-0.05, 0) is 0 Å². The van der Waals surface area contributed by atoms with Crippen molar-refractivity contribution in [2.45, 2.75) is 41.5 Å². The molecule has 3 N–H and O–H groups in total. The van der Waals surface area contributed by atoms with Gasteiger partial charge in [0.15, 0.2) is 0 Å². The second-order valence-corrected chi connectivity index (χ2v) is 9.10. The van der Waals surface area contributed by atoms with E-state index in [1.807, 2.05) is 38.4 Å². The van der Waals surface area contributed by atoms with Gasteiger partial charge in [-0.2, -0.15) is 59.7 Å². The SMILES string of the molecule is CN(C)c1cc[c-]cc1.C[C-](C)C.C[C-](C)C.O=P(O)(O)O.[Cl][Pd][Cl]. The number of benzene rings is 1. The van der Waals surface area contributed by atoms with Crippen LogP contribution >= 0.6 is 26.9 Å². The molecule has 0 aliphatic rings. The summed E-state index contributed by atoms with van der Waals surface area (Å²) in [5, 5.41) is 0. The number of anilines is 1. The minimum absolute atomic E-state index is 0.106. The molecule has 5 nitrogen and oxygen atoms in total. The van der Waals surface area contributed by atoms with E-state index in [4.69, 9.17) is 38.3 Å². The van der Waals surface area contributed by atoms with E-state index < -0.39 is 7.82 Å². The summed E-state index contributed by atoms with van der Waals surface area (Å²) in [7, 11) is 9.04. The van der Waals surface area contributed by atoms with Gasteiger partial charge in [0.05, 0.1) is 0 Å². The Labute approximate surface area is 170 Å². The normalized spacial score (nSPS) is 9.40. The van der Waals surface area contributed by atoms with E-state index in [2.05, 4.69) is 52.5 Å². The van der Waals surface area contributed by atoms with E-state index in [0.717, 1.165) is 0 Å². The molecule has 0 spiro atoms. The van der Waals surface area contributed by atoms with Crippen molar-refractivity contribution in [3.05, 3.63) is 42.2 Å². The zero-order chi connectivity index (χ0) is 21.1. The number of halogens is 2. The molecule has 1 aromatic carbocycles. The molecule has 0 fully saturated rings. The van der Waals surface area contributed by atoms with Crippen LogP contribution in [0.15, 0.2) is 24.3 Å². The molecule has 9 heteroatoms. The molecular weight excluding hydrogens is 478 g/mol. The molecule has 1 aromatic rings. The topological polar surface area (TPSA) is 81.0 Å². The van der Waals surface area contributed by atoms with Crippen molar-refractivity contribution in [2.75, 3.05) is 19.0 Å². The van der Waals surface area contributed by atoms with Crippen molar-refractivity contribution in [2.24, 2.45) is 0 Å². The van der Waals surface area contributed by atoms with Gasteiger partial charge in [-0.15, -0.1) is 12.1 Å². The first-order chi connectivity index (χ1) is 11.2. The maximum atomic E-state index is 8.88. The summed E-state index contributed by atoms with van der Waals surface area (Å²) in [6.45, 7) is 12.5. The molecule has 0 amide bonds. The van der Waals surface area contributed by atoms with Gasteiger partial charge in [0, 0.05) is 14.1 Å². The first kappa shape index (κ1) is 33.0. The van der Waals surface area contributed by atoms with Crippen LogP contribution < -0.4 is 4.90 Å². The van der Waals surface area contributed by atoms with Crippen molar-refractivity contribution in [3.63, 3.8) is 0 Å². The van der Waals surface area contributed by atoms with Gasteiger partial charge >= 0.3 is 42.8 Å². The zero-order valence-electron chi connectivity index (χ0n) is 16.0. The summed E-state index contributed by atoms with van der Waals surface area (Å²) in [6, 6.07) is 10.8. The van der Waals surface area contributed by atoms with Gasteiger partial charge in [-0.3, -0.25) is 0 Å². The Kier molecular flexibility index (Phi) is 29.6. The Morgan fingerprint density at radius 2 is 1.16 bits per heavy atom. The third-order valence-corrected chi connectivity index (χ3v) is 1.22. The molecule has 0 saturated carbocycles. The predicted octanol–water partition coefficient (Wildman–Crippen LogP) is 5.24. The fourth-order valence-electron chi connectivity index (χ4n) is 0.676. The van der Waals surface area contributed by atoms with Crippen LogP contribution in [-0.4, -0.2) is 28.8 Å². The van der Waals surface area contributed by atoms with Crippen molar-refractivity contribution in [1.82, 2.24) is 0 Å². The summed E-state index contributed by atoms with van der Waals surface area (Å²) in [5.41, 5.74) is 1.22. The van der Waals surface area contributed by atoms with Crippen LogP contribution in [-0.2, 0) is 20.5 Å². The third kappa shape index (κ3) is 79.7. The minimum atomic E-state index is -4.64. The maximum absolute atomic E-state index is 8.88. The Morgan fingerprint density at radius 1 is 0.960 bits per heavy atom. The van der Waals surface area contributed by atoms with E-state index in [1.165, 1.54) is 17.5 Å². The fourth-order valence-corrected chi connectivity index (χ4v) is 0.676. The van der Waals surface area contributed by atoms with E-state index in [1.54, 1.807) is 0 Å². The van der Waals surface area contributed by atoms with Gasteiger partial charge in [-0.25, -0.2) is 4.57 Å². The van der Waals surface area contributed by atoms with Gasteiger partial charge in [0.2, 0.25) is 0 Å². The molecule has 0 bridgehead atoms. The van der Waals surface area contributed by atoms with Crippen LogP contribution in [0.5, 0.6) is 0 Å². The average Bonchev–Trinajstić information content (AvgIpc) is 2.37. The quantitative estimate of drug-likeness (QED) is 0.274. The first-order valence-electron chi connectivity index (χ1n) is 6.96. The van der Waals surface area contributed by atoms with Crippen molar-refractivity contribution >= 4 is 32.6 Å². The van der Waals surface area contributed by atoms with Gasteiger partial charge < -0.3 is 31.4 Å². The van der Waals surface area contributed by atoms with Crippen molar-refractivity contribution < 1.29 is 35.2 Å². The van der Waals surface area contributed by atoms with E-state index in [9.17, 15) is 0 Å². The summed E-state index contributed by atoms with van der Waals surface area (Å²) in [4.78, 5) is 23.6. The molecule has 0 unspecified atom stereocenters. The number of rotatable bonds is 1. The van der Waals surface area contributed by atoms with Crippen LogP contribution in [0.1, 0.15) is 41.5 Å². The standard InChI is InChI=1S/C8H10N.2C4H9.2ClH.H3O4P.Pd/c1-9(2)8-6-4-3-5-7-8;2*1-4(2)3;;;1-5(2,3)4;/h4-7H,1-2H3;2*1-3H3;2*1H;(H3,1,2,3,4);/q3*-1;;;;+2/p-2. The molecule has 0 radical (unpaired) electrons. The van der Waals surface area contributed by atoms with E-state index in [0.29, 0.717) is 0 Å². The number of hydrogen-bond donors (Lipinski definition) is 3. The second-order valence-electron chi connectivity index (χ2n) is 5.71. The van der Waals surface area contributed by atoms with Gasteiger partial charge in [0.25, 0.3) is 0 Å². The summed E-state index contributed by atoms with van der Waals surface area (Å²) in [5.74, 6) is 2.83. The van der Waals surface area contributed by atoms with Crippen LogP contribution in [0.25, 0.3) is 0 Å². The summed E-state index contributed by atoms with van der Waals surface area (Å²) < 4.78 is 8.88. The van der Waals surface area contributed by atoms with Crippen LogP contribution in [0.2, 0.25) is 0 Å². The van der Waals surface area contributed by atoms with Crippen molar-refractivity contribution in [1.29, 1.82) is 0 Å². The fraction of sp³-hybridized carbons (Fsp3) is 0.500. The van der Waals surface area contributed by atoms with E-state index in [-0.39, 0.29) is 15.9 Å². The molecule has 0 heterocycles. The molecule has 0 atom stereocenters. The number of phosphoric acid groups is 1. The van der Waals surface area contributed by atoms with Gasteiger partial charge in [-0.1, -0.05) is 5.69 Å². The van der Waals surface area contributed by atoms with Crippen molar-refractivity contribution in [3.8, 4) is 0 Å².